The molecule has 0 aliphatic heterocycles. The SMILES string of the molecule is C.C.CI.Cc1nccc(-c2cc[nH]c(=O)c2)n1.Cc1nccc(-c2ccnc(F)c2)n1.Cc1nccc(Cl)n1.Cn1nccc1Nc1nccc(-c2ccn([C@H](CO)c3ccc(Cl)c(F)c3)c(=O)c2)n1.Cn1nccc1Nc1nccc(-c2ccn([C@H](CO[Si](C)(C)C(C)(C)C)c3ccc(Cl)c(F)c3)c(=O)c2)n1.IC(I)I.O[B]Oc1ccnc(F)c1.[I][V]([I])[I].[I][V][I]. The number of benzene rings is 2. The molecule has 5 N–H and O–H groups in total. The van der Waals surface area contributed by atoms with Crippen molar-refractivity contribution in [3.05, 3.63) is 312 Å². The number of aryl methyl sites for hydroxylation is 5. The van der Waals surface area contributed by atoms with Crippen LogP contribution in [-0.2, 0) is 32.9 Å². The van der Waals surface area contributed by atoms with Crippen LogP contribution in [-0.4, -0.2) is 138 Å². The maximum absolute atomic E-state index is 14.4. The molecule has 0 bridgehead atoms. The van der Waals surface area contributed by atoms with Gasteiger partial charge in [-0.15, -0.1) is 0 Å². The zero-order valence-electron chi connectivity index (χ0n) is 69.4. The average Bonchev–Trinajstić information content (AvgIpc) is 1.01. The second kappa shape index (κ2) is 62.9. The first-order valence-electron chi connectivity index (χ1n) is 36.7. The quantitative estimate of drug-likeness (QED) is 0.0133. The zero-order chi connectivity index (χ0) is 94.8. The maximum atomic E-state index is 14.4. The summed E-state index contributed by atoms with van der Waals surface area (Å²) < 4.78 is 71.1. The van der Waals surface area contributed by atoms with Crippen molar-refractivity contribution in [1.29, 1.82) is 0 Å². The molecule has 0 unspecified atom stereocenters. The van der Waals surface area contributed by atoms with Gasteiger partial charge in [0.1, 0.15) is 51.6 Å². The minimum atomic E-state index is -2.14. The number of hydrogen-bond donors (Lipinski definition) is 5. The molecule has 0 aliphatic carbocycles. The number of halogens is 16. The third-order valence-corrected chi connectivity index (χ3v) is 22.4. The molecule has 48 heteroatoms. The number of H-pyrrole nitrogens is 1. The van der Waals surface area contributed by atoms with Crippen LogP contribution < -0.4 is 32.0 Å². The Balaban J connectivity index is 0.000000418. The third kappa shape index (κ3) is 42.9. The molecule has 0 aliphatic rings. The molecular weight excluding hydrogens is 2860 g/mol. The number of aliphatic hydroxyl groups excluding tert-OH is 1. The molecule has 0 fully saturated rings. The Hall–Kier alpha value is -4.70. The standard InChI is InChI=1S/C27H32ClFN6O2Si.C21H18ClFN6O2.C10H8FN3.C10H9N3O.C5H4BFNO2.C5H5ClN2.CHI3.CH3I.2CH4.5HI.2V/c1-27(2,3)38(5,6)37-17-23(19-7-8-20(28)21(29)15-19)35-14-11-18(16-25(35)36)22-9-12-30-26(32-22)33-24-10-13-31-34(24)4;1-28-19(5-8-25-28)27-21-24-7-4-17(26-21)13-6-9-29(20(31)11-13)18(12-30)14-2-3-15(22)16(23)10-14;1-7-12-5-3-9(14-7)8-2-4-13-10(11)6-8;1-7-11-5-3-9(13-7)8-2-4-12-10(14)6-8;7-5-3-4(10-6-9)1-2-8-5;1-4-7-3-2-5(6)8-4;2-1(3)4;1-2;;;;;;;;;/h7-16,23H,17H2,1-6H3,(H,30,32,33);2-11,18,30H,12H2,1H3,(H,24,26,27);2-6H,1H3;2-6H,1H3,(H,12,14);1-3,9H;2-3H,1H3;1H;1H3;2*1H4;5*1H;;/q;;;;;;;;;;;;;;;+2;+3/p-5/t23-;18-;;;;;;;;;;;;;;;/m11.............../s1. The average molecular weight is 2950 g/mol. The van der Waals surface area contributed by atoms with E-state index in [4.69, 9.17) is 44.3 Å². The number of rotatable bonds is 18. The van der Waals surface area contributed by atoms with Gasteiger partial charge in [-0.25, -0.2) is 68.6 Å². The van der Waals surface area contributed by atoms with Crippen LogP contribution in [0.2, 0.25) is 33.3 Å². The second-order valence-electron chi connectivity index (χ2n) is 26.7. The van der Waals surface area contributed by atoms with Crippen LogP contribution in [0.1, 0.15) is 76.3 Å². The van der Waals surface area contributed by atoms with Crippen LogP contribution in [0, 0.1) is 44.3 Å². The molecule has 14 rings (SSSR count). The molecule has 0 amide bonds. The number of pyridine rings is 5. The molecule has 692 valence electrons. The predicted molar refractivity (Wildman–Crippen MR) is 582 cm³/mol. The Morgan fingerprint density at radius 3 is 1.30 bits per heavy atom. The second-order valence-corrected chi connectivity index (χ2v) is 90.7. The van der Waals surface area contributed by atoms with Crippen LogP contribution in [0.15, 0.2) is 228 Å². The fourth-order valence-electron chi connectivity index (χ4n) is 10.2. The monoisotopic (exact) mass is 2940 g/mol. The molecule has 2 atom stereocenters. The number of aliphatic hydroxyl groups is 1. The Morgan fingerprint density at radius 1 is 0.538 bits per heavy atom. The van der Waals surface area contributed by atoms with E-state index in [0.717, 1.165) is 23.1 Å². The summed E-state index contributed by atoms with van der Waals surface area (Å²) in [5, 5.41) is 32.8. The summed E-state index contributed by atoms with van der Waals surface area (Å²) in [5.41, 5.74) is 5.61. The van der Waals surface area contributed by atoms with E-state index >= 15 is 0 Å². The van der Waals surface area contributed by atoms with Gasteiger partial charge in [0.15, 0.2) is 8.32 Å². The zero-order valence-corrected chi connectivity index (χ0v) is 94.8. The van der Waals surface area contributed by atoms with Gasteiger partial charge in [-0.3, -0.25) is 23.7 Å². The molecule has 0 spiro atoms. The van der Waals surface area contributed by atoms with Gasteiger partial charge in [0.05, 0.1) is 70.5 Å². The molecule has 28 nitrogen and oxygen atoms in total. The first-order valence-corrected chi connectivity index (χ1v) is 69.1. The van der Waals surface area contributed by atoms with Gasteiger partial charge >= 0.3 is 122 Å². The van der Waals surface area contributed by atoms with Gasteiger partial charge in [-0.1, -0.05) is 173 Å². The van der Waals surface area contributed by atoms with Crippen LogP contribution in [0.25, 0.3) is 45.0 Å². The van der Waals surface area contributed by atoms with Crippen LogP contribution in [0.5, 0.6) is 5.75 Å². The Labute approximate surface area is 889 Å². The van der Waals surface area contributed by atoms with Crippen molar-refractivity contribution in [2.75, 3.05) is 28.8 Å². The van der Waals surface area contributed by atoms with Gasteiger partial charge in [-0.2, -0.15) is 19.0 Å². The van der Waals surface area contributed by atoms with E-state index in [1.807, 2.05) is 37.1 Å². The molecular formula is C82H88BCl3F4I9N21O7SiV2. The molecule has 0 saturated heterocycles. The van der Waals surface area contributed by atoms with Crippen molar-refractivity contribution < 1.29 is 51.2 Å². The van der Waals surface area contributed by atoms with E-state index in [1.165, 1.54) is 71.6 Å². The summed E-state index contributed by atoms with van der Waals surface area (Å²) in [6.07, 6.45) is 19.0. The van der Waals surface area contributed by atoms with Gasteiger partial charge in [0, 0.05) is 141 Å². The van der Waals surface area contributed by atoms with Crippen LogP contribution in [0.4, 0.5) is 41.1 Å². The Kier molecular flexibility index (Phi) is 57.8. The van der Waals surface area contributed by atoms with E-state index in [9.17, 15) is 37.1 Å². The van der Waals surface area contributed by atoms with Crippen molar-refractivity contribution in [2.24, 2.45) is 14.1 Å². The van der Waals surface area contributed by atoms with E-state index < -0.39 is 43.9 Å². The van der Waals surface area contributed by atoms with Crippen molar-refractivity contribution in [3.8, 4) is 50.8 Å². The van der Waals surface area contributed by atoms with Gasteiger partial charge in [-0.05, 0) is 140 Å². The Bertz CT molecular complexity index is 5910. The molecule has 12 heterocycles. The van der Waals surface area contributed by atoms with E-state index in [2.05, 4.69) is 314 Å². The number of alkyl halides is 4. The van der Waals surface area contributed by atoms with E-state index in [1.54, 1.807) is 157 Å². The Morgan fingerprint density at radius 2 is 0.931 bits per heavy atom. The van der Waals surface area contributed by atoms with Crippen molar-refractivity contribution in [1.82, 2.24) is 93.5 Å². The number of nitrogens with one attached hydrogen (secondary N) is 3. The van der Waals surface area contributed by atoms with Gasteiger partial charge in [0.25, 0.3) is 11.1 Å². The van der Waals surface area contributed by atoms with Crippen molar-refractivity contribution >= 4 is 265 Å². The number of hydrogen-bond acceptors (Lipinski definition) is 23. The number of nitrogens with zero attached hydrogens (tertiary/aromatic N) is 18. The van der Waals surface area contributed by atoms with Crippen molar-refractivity contribution in [2.45, 2.75) is 86.5 Å². The topological polar surface area (TPSA) is 350 Å². The summed E-state index contributed by atoms with van der Waals surface area (Å²) in [6.45, 7) is 16.0. The normalized spacial score (nSPS) is 10.8. The molecule has 12 aromatic heterocycles. The minimum absolute atomic E-state index is 0. The summed E-state index contributed by atoms with van der Waals surface area (Å²) in [7, 11) is 2.56. The first kappa shape index (κ1) is 119. The summed E-state index contributed by atoms with van der Waals surface area (Å²) in [5.74, 6) is 2.18. The van der Waals surface area contributed by atoms with Crippen LogP contribution in [0.3, 0.4) is 0 Å². The molecule has 130 heavy (non-hydrogen) atoms. The van der Waals surface area contributed by atoms with Gasteiger partial charge in [0.2, 0.25) is 29.4 Å². The van der Waals surface area contributed by atoms with E-state index in [0.29, 0.717) is 102 Å². The summed E-state index contributed by atoms with van der Waals surface area (Å²) in [6, 6.07) is 35.0. The number of anilines is 4. The molecule has 2 aromatic carbocycles. The molecule has 1 radical (unpaired) electrons. The third-order valence-electron chi connectivity index (χ3n) is 17.1. The predicted octanol–water partition coefficient (Wildman–Crippen LogP) is 23.4. The van der Waals surface area contributed by atoms with Gasteiger partial charge < -0.3 is 44.0 Å². The fourth-order valence-corrected chi connectivity index (χ4v) is 11.6. The van der Waals surface area contributed by atoms with Crippen molar-refractivity contribution in [3.63, 3.8) is 0 Å². The van der Waals surface area contributed by atoms with Crippen LogP contribution >= 0.6 is 225 Å². The van der Waals surface area contributed by atoms with E-state index in [-0.39, 0.29) is 70.5 Å². The molecule has 0 saturated carbocycles. The fraction of sp³-hybridized carbons (Fsp3) is 0.232. The number of aromatic amines is 1. The molecule has 14 aromatic rings. The first-order chi connectivity index (χ1) is 60.8. The summed E-state index contributed by atoms with van der Waals surface area (Å²) >= 11 is 38.4. The number of aromatic nitrogens is 19. The summed E-state index contributed by atoms with van der Waals surface area (Å²) in [4.78, 5) is 89.7.